The molecule has 0 unspecified atom stereocenters. The van der Waals surface area contributed by atoms with Gasteiger partial charge in [0.1, 0.15) is 13.9 Å². The minimum atomic E-state index is -0.678. The van der Waals surface area contributed by atoms with Gasteiger partial charge in [0.25, 0.3) is 0 Å². The molecule has 0 aliphatic rings. The number of pyridine rings is 1. The third-order valence-corrected chi connectivity index (χ3v) is 0.968. The Labute approximate surface area is 58.7 Å². The summed E-state index contributed by atoms with van der Waals surface area (Å²) < 4.78 is 12.5. The SMILES string of the molecule is [B]c1cnc(C#N)c(F)c1. The van der Waals surface area contributed by atoms with Crippen molar-refractivity contribution in [1.29, 1.82) is 5.26 Å². The first kappa shape index (κ1) is 6.75. The fraction of sp³-hybridized carbons (Fsp3) is 0. The van der Waals surface area contributed by atoms with Gasteiger partial charge in [-0.15, -0.1) is 0 Å². The topological polar surface area (TPSA) is 36.7 Å². The van der Waals surface area contributed by atoms with Gasteiger partial charge in [0.15, 0.2) is 11.5 Å². The smallest absolute Gasteiger partial charge is 0.176 e. The predicted octanol–water partition coefficient (Wildman–Crippen LogP) is -0.114. The zero-order valence-electron chi connectivity index (χ0n) is 5.00. The lowest BCUT2D eigenvalue weighted by Crippen LogP contribution is -2.05. The molecule has 1 rings (SSSR count). The van der Waals surface area contributed by atoms with E-state index in [1.165, 1.54) is 6.20 Å². The summed E-state index contributed by atoms with van der Waals surface area (Å²) in [7, 11) is 5.17. The predicted molar refractivity (Wildman–Crippen MR) is 34.3 cm³/mol. The summed E-state index contributed by atoms with van der Waals surface area (Å²) in [6.07, 6.45) is 1.24. The van der Waals surface area contributed by atoms with Crippen molar-refractivity contribution in [2.24, 2.45) is 0 Å². The first-order valence-corrected chi connectivity index (χ1v) is 2.55. The number of rotatable bonds is 0. The molecule has 0 aliphatic heterocycles. The second-order valence-electron chi connectivity index (χ2n) is 1.71. The van der Waals surface area contributed by atoms with Crippen LogP contribution in [0.1, 0.15) is 5.69 Å². The maximum atomic E-state index is 12.5. The van der Waals surface area contributed by atoms with Crippen LogP contribution in [-0.2, 0) is 0 Å². The highest BCUT2D eigenvalue weighted by atomic mass is 19.1. The number of nitrogens with zero attached hydrogens (tertiary/aromatic N) is 2. The van der Waals surface area contributed by atoms with Crippen LogP contribution in [0.15, 0.2) is 12.3 Å². The molecule has 46 valence electrons. The van der Waals surface area contributed by atoms with E-state index in [0.717, 1.165) is 6.07 Å². The van der Waals surface area contributed by atoms with Crippen molar-refractivity contribution in [3.8, 4) is 6.07 Å². The van der Waals surface area contributed by atoms with E-state index in [9.17, 15) is 4.39 Å². The Morgan fingerprint density at radius 3 is 2.90 bits per heavy atom. The Kier molecular flexibility index (Phi) is 1.68. The minimum absolute atomic E-state index is 0.219. The zero-order valence-corrected chi connectivity index (χ0v) is 5.00. The molecule has 0 saturated heterocycles. The molecule has 0 saturated carbocycles. The van der Waals surface area contributed by atoms with E-state index in [1.54, 1.807) is 6.07 Å². The van der Waals surface area contributed by atoms with Crippen molar-refractivity contribution in [3.05, 3.63) is 23.8 Å². The maximum Gasteiger partial charge on any atom is 0.176 e. The van der Waals surface area contributed by atoms with E-state index in [4.69, 9.17) is 13.1 Å². The number of halogens is 1. The summed E-state index contributed by atoms with van der Waals surface area (Å²) in [6.45, 7) is 0. The van der Waals surface area contributed by atoms with Crippen LogP contribution in [0.2, 0.25) is 0 Å². The first-order valence-electron chi connectivity index (χ1n) is 2.55. The van der Waals surface area contributed by atoms with Crippen molar-refractivity contribution < 1.29 is 4.39 Å². The Hall–Kier alpha value is -1.37. The Morgan fingerprint density at radius 2 is 2.40 bits per heavy atom. The molecule has 4 heteroatoms. The Balaban J connectivity index is 3.23. The average Bonchev–Trinajstić information content (AvgIpc) is 1.88. The van der Waals surface area contributed by atoms with E-state index in [2.05, 4.69) is 4.98 Å². The van der Waals surface area contributed by atoms with Crippen LogP contribution in [0, 0.1) is 17.1 Å². The molecule has 2 nitrogen and oxygen atoms in total. The molecule has 0 atom stereocenters. The zero-order chi connectivity index (χ0) is 7.56. The fourth-order valence-corrected chi connectivity index (χ4v) is 0.535. The molecule has 0 aromatic carbocycles. The molecule has 1 aromatic heterocycles. The minimum Gasteiger partial charge on any atom is -0.243 e. The van der Waals surface area contributed by atoms with Crippen molar-refractivity contribution in [1.82, 2.24) is 4.98 Å². The van der Waals surface area contributed by atoms with Crippen LogP contribution in [0.25, 0.3) is 0 Å². The van der Waals surface area contributed by atoms with Gasteiger partial charge in [0, 0.05) is 6.20 Å². The van der Waals surface area contributed by atoms with Crippen LogP contribution in [0.5, 0.6) is 0 Å². The molecule has 0 spiro atoms. The van der Waals surface area contributed by atoms with Gasteiger partial charge in [0.2, 0.25) is 0 Å². The molecule has 0 bridgehead atoms. The van der Waals surface area contributed by atoms with Crippen LogP contribution < -0.4 is 5.46 Å². The quantitative estimate of drug-likeness (QED) is 0.461. The molecule has 0 fully saturated rings. The summed E-state index contributed by atoms with van der Waals surface area (Å²) in [5.41, 5.74) is -0.00861. The van der Waals surface area contributed by atoms with E-state index in [0.29, 0.717) is 0 Å². The monoisotopic (exact) mass is 132 g/mol. The summed E-state index contributed by atoms with van der Waals surface area (Å²) in [4.78, 5) is 3.44. The second kappa shape index (κ2) is 2.48. The summed E-state index contributed by atoms with van der Waals surface area (Å²) in [5, 5.41) is 8.22. The summed E-state index contributed by atoms with van der Waals surface area (Å²) in [5.74, 6) is -0.678. The van der Waals surface area contributed by atoms with Crippen LogP contribution in [0.4, 0.5) is 4.39 Å². The Morgan fingerprint density at radius 1 is 1.70 bits per heavy atom. The molecule has 0 N–H and O–H groups in total. The highest BCUT2D eigenvalue weighted by Gasteiger charge is 1.99. The highest BCUT2D eigenvalue weighted by molar-refractivity contribution is 6.32. The van der Waals surface area contributed by atoms with Crippen LogP contribution in [0.3, 0.4) is 0 Å². The maximum absolute atomic E-state index is 12.5. The lowest BCUT2D eigenvalue weighted by molar-refractivity contribution is 0.618. The van der Waals surface area contributed by atoms with Gasteiger partial charge in [-0.3, -0.25) is 0 Å². The normalized spacial score (nSPS) is 8.80. The van der Waals surface area contributed by atoms with Crippen LogP contribution in [-0.4, -0.2) is 12.8 Å². The van der Waals surface area contributed by atoms with Gasteiger partial charge in [-0.2, -0.15) is 5.26 Å². The lowest BCUT2D eigenvalue weighted by atomic mass is 9.98. The van der Waals surface area contributed by atoms with Crippen molar-refractivity contribution in [2.75, 3.05) is 0 Å². The molecule has 1 heterocycles. The Bertz CT molecular complexity index is 292. The van der Waals surface area contributed by atoms with Crippen LogP contribution >= 0.6 is 0 Å². The van der Waals surface area contributed by atoms with E-state index >= 15 is 0 Å². The molecule has 0 aliphatic carbocycles. The van der Waals surface area contributed by atoms with E-state index in [1.807, 2.05) is 0 Å². The largest absolute Gasteiger partial charge is 0.243 e. The number of nitriles is 1. The van der Waals surface area contributed by atoms with Crippen molar-refractivity contribution in [2.45, 2.75) is 0 Å². The number of hydrogen-bond acceptors (Lipinski definition) is 2. The van der Waals surface area contributed by atoms with E-state index < -0.39 is 5.82 Å². The van der Waals surface area contributed by atoms with Gasteiger partial charge in [-0.1, -0.05) is 5.46 Å². The highest BCUT2D eigenvalue weighted by Crippen LogP contribution is 1.96. The molecular weight excluding hydrogens is 130 g/mol. The van der Waals surface area contributed by atoms with Crippen molar-refractivity contribution in [3.63, 3.8) is 0 Å². The van der Waals surface area contributed by atoms with Crippen molar-refractivity contribution >= 4 is 13.3 Å². The summed E-state index contributed by atoms with van der Waals surface area (Å²) >= 11 is 0. The van der Waals surface area contributed by atoms with Gasteiger partial charge in [-0.25, -0.2) is 9.37 Å². The van der Waals surface area contributed by atoms with Gasteiger partial charge in [-0.05, 0) is 6.07 Å². The van der Waals surface area contributed by atoms with Gasteiger partial charge in [0.05, 0.1) is 0 Å². The molecule has 1 aromatic rings. The molecule has 2 radical (unpaired) electrons. The summed E-state index contributed by atoms with van der Waals surface area (Å²) in [6, 6.07) is 2.64. The standard InChI is InChI=1S/C6H2BFN2/c7-4-1-5(8)6(2-9)10-3-4/h1,3H. The number of hydrogen-bond donors (Lipinski definition) is 0. The molecule has 10 heavy (non-hydrogen) atoms. The molecule has 0 amide bonds. The van der Waals surface area contributed by atoms with Gasteiger partial charge >= 0.3 is 0 Å². The lowest BCUT2D eigenvalue weighted by Gasteiger charge is -1.92. The third-order valence-electron chi connectivity index (χ3n) is 0.968. The fourth-order valence-electron chi connectivity index (χ4n) is 0.535. The average molecular weight is 132 g/mol. The first-order chi connectivity index (χ1) is 4.74. The third kappa shape index (κ3) is 1.13. The second-order valence-corrected chi connectivity index (χ2v) is 1.71. The van der Waals surface area contributed by atoms with Gasteiger partial charge < -0.3 is 0 Å². The van der Waals surface area contributed by atoms with E-state index in [-0.39, 0.29) is 11.2 Å². The number of aromatic nitrogens is 1. The molecular formula is C6H2BFN2.